The number of halogens is 1. The number of anilines is 1. The first kappa shape index (κ1) is 23.2. The van der Waals surface area contributed by atoms with E-state index in [9.17, 15) is 4.79 Å². The van der Waals surface area contributed by atoms with Crippen LogP contribution in [-0.2, 0) is 11.3 Å². The number of thiazole rings is 1. The van der Waals surface area contributed by atoms with E-state index >= 15 is 0 Å². The fourth-order valence-electron chi connectivity index (χ4n) is 4.06. The summed E-state index contributed by atoms with van der Waals surface area (Å²) < 4.78 is 7.58. The minimum Gasteiger partial charge on any atom is -0.374 e. The summed E-state index contributed by atoms with van der Waals surface area (Å²) in [7, 11) is 0. The molecule has 0 bridgehead atoms. The number of aromatic nitrogens is 7. The van der Waals surface area contributed by atoms with Gasteiger partial charge in [-0.1, -0.05) is 48.0 Å². The number of nitrogens with zero attached hydrogens (tertiary/aromatic N) is 6. The molecule has 0 saturated heterocycles. The van der Waals surface area contributed by atoms with E-state index in [0.717, 1.165) is 10.4 Å². The van der Waals surface area contributed by atoms with E-state index in [-0.39, 0.29) is 12.2 Å². The van der Waals surface area contributed by atoms with Crippen LogP contribution in [0.15, 0.2) is 77.4 Å². The van der Waals surface area contributed by atoms with E-state index in [2.05, 4.69) is 30.5 Å². The predicted molar refractivity (Wildman–Crippen MR) is 142 cm³/mol. The molecule has 4 aromatic heterocycles. The second kappa shape index (κ2) is 10.1. The van der Waals surface area contributed by atoms with Crippen molar-refractivity contribution in [1.29, 1.82) is 0 Å². The molecule has 1 atom stereocenters. The first-order chi connectivity index (χ1) is 18.2. The van der Waals surface area contributed by atoms with Crippen LogP contribution < -0.4 is 10.9 Å². The normalized spacial score (nSPS) is 12.2. The molecule has 0 saturated carbocycles. The van der Waals surface area contributed by atoms with Crippen molar-refractivity contribution in [3.63, 3.8) is 0 Å². The molecule has 4 heterocycles. The van der Waals surface area contributed by atoms with E-state index in [4.69, 9.17) is 21.3 Å². The highest BCUT2D eigenvalue weighted by Crippen LogP contribution is 2.27. The Morgan fingerprint density at radius 3 is 2.81 bits per heavy atom. The molecule has 2 aromatic carbocycles. The first-order valence-electron chi connectivity index (χ1n) is 11.3. The molecular weight excluding hydrogens is 512 g/mol. The zero-order valence-corrected chi connectivity index (χ0v) is 20.8. The van der Waals surface area contributed by atoms with E-state index in [1.165, 1.54) is 22.2 Å². The molecule has 6 rings (SSSR count). The van der Waals surface area contributed by atoms with E-state index in [0.29, 0.717) is 45.5 Å². The maximum absolute atomic E-state index is 13.8. The summed E-state index contributed by atoms with van der Waals surface area (Å²) in [6.45, 7) is 0.555. The molecule has 6 aromatic rings. The van der Waals surface area contributed by atoms with Gasteiger partial charge in [0.05, 0.1) is 40.8 Å². The zero-order valence-electron chi connectivity index (χ0n) is 19.2. The van der Waals surface area contributed by atoms with Gasteiger partial charge < -0.3 is 10.1 Å². The Kier molecular flexibility index (Phi) is 6.31. The fourth-order valence-corrected chi connectivity index (χ4v) is 4.94. The third kappa shape index (κ3) is 4.55. The van der Waals surface area contributed by atoms with Gasteiger partial charge in [0.15, 0.2) is 5.82 Å². The smallest absolute Gasteiger partial charge is 0.268 e. The van der Waals surface area contributed by atoms with Crippen LogP contribution in [0.2, 0.25) is 5.02 Å². The van der Waals surface area contributed by atoms with E-state index in [1.807, 2.05) is 30.3 Å². The van der Waals surface area contributed by atoms with Gasteiger partial charge in [0, 0.05) is 6.07 Å². The highest BCUT2D eigenvalue weighted by molar-refractivity contribution is 7.16. The van der Waals surface area contributed by atoms with Crippen molar-refractivity contribution in [2.24, 2.45) is 0 Å². The van der Waals surface area contributed by atoms with E-state index in [1.54, 1.807) is 36.0 Å². The van der Waals surface area contributed by atoms with Crippen LogP contribution in [-0.4, -0.2) is 41.3 Å². The SMILES string of the molecule is O=c1c2c(Cl)cccc2nc(C(COCc2ccccc2)Nc2ncnc3scnc23)n1-c1ccn[nH]1. The Hall–Kier alpha value is -4.19. The van der Waals surface area contributed by atoms with Crippen LogP contribution in [0.5, 0.6) is 0 Å². The topological polar surface area (TPSA) is 124 Å². The average Bonchev–Trinajstić information content (AvgIpc) is 3.61. The number of benzene rings is 2. The number of fused-ring (bicyclic) bond motifs is 2. The zero-order chi connectivity index (χ0) is 25.2. The lowest BCUT2D eigenvalue weighted by Gasteiger charge is -2.22. The van der Waals surface area contributed by atoms with Crippen molar-refractivity contribution < 1.29 is 4.74 Å². The molecule has 0 aliphatic carbocycles. The van der Waals surface area contributed by atoms with Crippen LogP contribution in [0.1, 0.15) is 17.4 Å². The molecule has 37 heavy (non-hydrogen) atoms. The number of nitrogens with one attached hydrogen (secondary N) is 2. The van der Waals surface area contributed by atoms with Crippen molar-refractivity contribution in [3.05, 3.63) is 99.4 Å². The third-order valence-corrected chi connectivity index (χ3v) is 6.80. The second-order valence-corrected chi connectivity index (χ2v) is 9.35. The van der Waals surface area contributed by atoms with Gasteiger partial charge >= 0.3 is 0 Å². The Balaban J connectivity index is 1.48. The van der Waals surface area contributed by atoms with Gasteiger partial charge in [-0.3, -0.25) is 9.89 Å². The third-order valence-electron chi connectivity index (χ3n) is 5.75. The van der Waals surface area contributed by atoms with Gasteiger partial charge in [0.25, 0.3) is 5.56 Å². The number of rotatable bonds is 8. The molecule has 0 radical (unpaired) electrons. The molecule has 0 aliphatic heterocycles. The van der Waals surface area contributed by atoms with Crippen LogP contribution in [0, 0.1) is 0 Å². The van der Waals surface area contributed by atoms with E-state index < -0.39 is 6.04 Å². The van der Waals surface area contributed by atoms with Crippen molar-refractivity contribution in [2.75, 3.05) is 11.9 Å². The number of ether oxygens (including phenoxy) is 1. The highest BCUT2D eigenvalue weighted by Gasteiger charge is 2.25. The molecule has 2 N–H and O–H groups in total. The van der Waals surface area contributed by atoms with Crippen LogP contribution in [0.4, 0.5) is 5.82 Å². The highest BCUT2D eigenvalue weighted by atomic mass is 35.5. The molecule has 1 unspecified atom stereocenters. The van der Waals surface area contributed by atoms with Gasteiger partial charge in [-0.15, -0.1) is 11.3 Å². The first-order valence-corrected chi connectivity index (χ1v) is 12.6. The molecular formula is C25H19ClN8O2S. The molecule has 184 valence electrons. The lowest BCUT2D eigenvalue weighted by Crippen LogP contribution is -2.31. The lowest BCUT2D eigenvalue weighted by atomic mass is 10.2. The van der Waals surface area contributed by atoms with Crippen molar-refractivity contribution in [2.45, 2.75) is 12.6 Å². The summed E-state index contributed by atoms with van der Waals surface area (Å²) in [6, 6.07) is 16.1. The number of H-pyrrole nitrogens is 1. The number of hydrogen-bond donors (Lipinski definition) is 2. The van der Waals surface area contributed by atoms with Gasteiger partial charge in [-0.05, 0) is 17.7 Å². The summed E-state index contributed by atoms with van der Waals surface area (Å²) in [6.07, 6.45) is 3.04. The predicted octanol–water partition coefficient (Wildman–Crippen LogP) is 4.53. The second-order valence-electron chi connectivity index (χ2n) is 8.11. The Labute approximate surface area is 219 Å². The Morgan fingerprint density at radius 1 is 1.08 bits per heavy atom. The Morgan fingerprint density at radius 2 is 1.97 bits per heavy atom. The summed E-state index contributed by atoms with van der Waals surface area (Å²) in [5.74, 6) is 1.36. The molecule has 0 aliphatic rings. The Bertz CT molecular complexity index is 1740. The van der Waals surface area contributed by atoms with Crippen LogP contribution >= 0.6 is 22.9 Å². The van der Waals surface area contributed by atoms with Crippen molar-refractivity contribution in [1.82, 2.24) is 34.7 Å². The minimum absolute atomic E-state index is 0.178. The van der Waals surface area contributed by atoms with Gasteiger partial charge in [-0.2, -0.15) is 5.10 Å². The lowest BCUT2D eigenvalue weighted by molar-refractivity contribution is 0.110. The summed E-state index contributed by atoms with van der Waals surface area (Å²) in [5.41, 5.74) is 3.50. The largest absolute Gasteiger partial charge is 0.374 e. The van der Waals surface area contributed by atoms with Gasteiger partial charge in [-0.25, -0.2) is 24.5 Å². The fraction of sp³-hybridized carbons (Fsp3) is 0.120. The van der Waals surface area contributed by atoms with Crippen LogP contribution in [0.3, 0.4) is 0 Å². The molecule has 12 heteroatoms. The van der Waals surface area contributed by atoms with Gasteiger partial charge in [0.1, 0.15) is 34.4 Å². The summed E-state index contributed by atoms with van der Waals surface area (Å²) >= 11 is 7.83. The van der Waals surface area contributed by atoms with Crippen molar-refractivity contribution in [3.8, 4) is 5.82 Å². The van der Waals surface area contributed by atoms with Crippen molar-refractivity contribution >= 4 is 50.0 Å². The molecule has 0 fully saturated rings. The number of hydrogen-bond acceptors (Lipinski definition) is 9. The molecule has 10 nitrogen and oxygen atoms in total. The minimum atomic E-state index is -0.595. The quantitative estimate of drug-likeness (QED) is 0.294. The maximum atomic E-state index is 13.8. The molecule has 0 amide bonds. The standard InChI is InChI=1S/C25H19ClN8O2S/c26-16-7-4-8-17-20(16)25(35)34(19-9-10-30-33-19)23(32-17)18(12-36-11-15-5-2-1-3-6-15)31-22-21-24(28-13-27-22)37-14-29-21/h1-10,13-14,18H,11-12H2,(H,30,33)(H,27,28,31). The van der Waals surface area contributed by atoms with Gasteiger partial charge in [0.2, 0.25) is 0 Å². The summed E-state index contributed by atoms with van der Waals surface area (Å²) in [4.78, 5) is 32.5. The average molecular weight is 531 g/mol. The van der Waals surface area contributed by atoms with Crippen LogP contribution in [0.25, 0.3) is 27.1 Å². The molecule has 0 spiro atoms. The summed E-state index contributed by atoms with van der Waals surface area (Å²) in [5, 5.41) is 10.9. The monoisotopic (exact) mass is 530 g/mol. The number of aromatic amines is 1. The maximum Gasteiger partial charge on any atom is 0.268 e.